The van der Waals surface area contributed by atoms with Gasteiger partial charge in [-0.15, -0.1) is 0 Å². The number of carbonyl (C=O) groups excluding carboxylic acids is 1. The number of benzene rings is 1. The number of amides is 1. The highest BCUT2D eigenvalue weighted by Crippen LogP contribution is 2.41. The van der Waals surface area contributed by atoms with Gasteiger partial charge in [0.2, 0.25) is 5.91 Å². The van der Waals surface area contributed by atoms with Crippen LogP contribution in [0.3, 0.4) is 0 Å². The molecule has 4 atom stereocenters. The summed E-state index contributed by atoms with van der Waals surface area (Å²) in [5.74, 6) is -1.66. The molecule has 1 aromatic carbocycles. The number of hydrogen-bond acceptors (Lipinski definition) is 2. The zero-order valence-electron chi connectivity index (χ0n) is 11.7. The van der Waals surface area contributed by atoms with Crippen molar-refractivity contribution in [2.45, 2.75) is 31.2 Å². The third kappa shape index (κ3) is 2.99. The first-order chi connectivity index (χ1) is 10.2. The van der Waals surface area contributed by atoms with E-state index >= 15 is 0 Å². The molecule has 1 saturated carbocycles. The van der Waals surface area contributed by atoms with E-state index < -0.39 is 17.8 Å². The molecule has 1 fully saturated rings. The van der Waals surface area contributed by atoms with Gasteiger partial charge in [0.05, 0.1) is 11.8 Å². The van der Waals surface area contributed by atoms with E-state index in [9.17, 15) is 14.7 Å². The summed E-state index contributed by atoms with van der Waals surface area (Å²) in [7, 11) is 0. The first-order valence-electron chi connectivity index (χ1n) is 7.40. The minimum Gasteiger partial charge on any atom is -0.481 e. The lowest BCUT2D eigenvalue weighted by molar-refractivity contribution is -0.147. The van der Waals surface area contributed by atoms with Gasteiger partial charge in [0.15, 0.2) is 0 Å². The highest BCUT2D eigenvalue weighted by molar-refractivity contribution is 5.85. The van der Waals surface area contributed by atoms with Crippen molar-refractivity contribution in [1.29, 1.82) is 0 Å². The maximum absolute atomic E-state index is 12.3. The predicted molar refractivity (Wildman–Crippen MR) is 78.7 cm³/mol. The van der Waals surface area contributed by atoms with Crippen LogP contribution in [-0.2, 0) is 9.59 Å². The molecule has 0 aromatic heterocycles. The van der Waals surface area contributed by atoms with Crippen LogP contribution < -0.4 is 5.32 Å². The second kappa shape index (κ2) is 5.72. The van der Waals surface area contributed by atoms with E-state index in [4.69, 9.17) is 0 Å². The standard InChI is InChI=1S/C17H19NO3/c19-16(12-8-4-5-9-13(12)17(20)21)18-15-10-14(15)11-6-2-1-3-7-11/h1-7,12-15H,8-10H2,(H,18,19)(H,20,21). The van der Waals surface area contributed by atoms with Gasteiger partial charge in [0.1, 0.15) is 0 Å². The van der Waals surface area contributed by atoms with Crippen LogP contribution in [0.15, 0.2) is 42.5 Å². The van der Waals surface area contributed by atoms with Gasteiger partial charge in [-0.1, -0.05) is 42.5 Å². The van der Waals surface area contributed by atoms with E-state index in [0.717, 1.165) is 6.42 Å². The van der Waals surface area contributed by atoms with Gasteiger partial charge in [0, 0.05) is 12.0 Å². The number of nitrogens with one attached hydrogen (secondary N) is 1. The molecule has 3 rings (SSSR count). The summed E-state index contributed by atoms with van der Waals surface area (Å²) in [6.07, 6.45) is 5.67. The Balaban J connectivity index is 1.60. The smallest absolute Gasteiger partial charge is 0.307 e. The fraction of sp³-hybridized carbons (Fsp3) is 0.412. The van der Waals surface area contributed by atoms with Crippen molar-refractivity contribution in [3.63, 3.8) is 0 Å². The molecule has 110 valence electrons. The van der Waals surface area contributed by atoms with Gasteiger partial charge in [0.25, 0.3) is 0 Å². The summed E-state index contributed by atoms with van der Waals surface area (Å²) >= 11 is 0. The van der Waals surface area contributed by atoms with Gasteiger partial charge in [-0.3, -0.25) is 9.59 Å². The third-order valence-electron chi connectivity index (χ3n) is 4.43. The fourth-order valence-electron chi connectivity index (χ4n) is 3.09. The molecule has 4 unspecified atom stereocenters. The van der Waals surface area contributed by atoms with Crippen molar-refractivity contribution in [2.24, 2.45) is 11.8 Å². The highest BCUT2D eigenvalue weighted by atomic mass is 16.4. The Morgan fingerprint density at radius 2 is 1.71 bits per heavy atom. The monoisotopic (exact) mass is 285 g/mol. The number of carbonyl (C=O) groups is 2. The lowest BCUT2D eigenvalue weighted by Crippen LogP contribution is -2.40. The minimum absolute atomic E-state index is 0.116. The van der Waals surface area contributed by atoms with Gasteiger partial charge in [-0.25, -0.2) is 0 Å². The van der Waals surface area contributed by atoms with E-state index in [2.05, 4.69) is 17.4 Å². The van der Waals surface area contributed by atoms with Crippen LogP contribution in [0, 0.1) is 11.8 Å². The summed E-state index contributed by atoms with van der Waals surface area (Å²) in [5.41, 5.74) is 1.24. The first-order valence-corrected chi connectivity index (χ1v) is 7.40. The van der Waals surface area contributed by atoms with Gasteiger partial charge in [-0.2, -0.15) is 0 Å². The summed E-state index contributed by atoms with van der Waals surface area (Å²) in [4.78, 5) is 23.6. The molecule has 0 heterocycles. The first kappa shape index (κ1) is 13.9. The van der Waals surface area contributed by atoms with E-state index in [-0.39, 0.29) is 11.9 Å². The van der Waals surface area contributed by atoms with Crippen LogP contribution in [-0.4, -0.2) is 23.0 Å². The molecule has 21 heavy (non-hydrogen) atoms. The second-order valence-electron chi connectivity index (χ2n) is 5.86. The Hall–Kier alpha value is -2.10. The Morgan fingerprint density at radius 3 is 2.38 bits per heavy atom. The van der Waals surface area contributed by atoms with Crippen LogP contribution in [0.1, 0.15) is 30.7 Å². The summed E-state index contributed by atoms with van der Waals surface area (Å²) in [6, 6.07) is 10.3. The van der Waals surface area contributed by atoms with E-state index in [1.807, 2.05) is 30.4 Å². The van der Waals surface area contributed by atoms with Crippen molar-refractivity contribution in [1.82, 2.24) is 5.32 Å². The number of rotatable bonds is 4. The number of carboxylic acids is 1. The van der Waals surface area contributed by atoms with E-state index in [1.165, 1.54) is 5.56 Å². The maximum Gasteiger partial charge on any atom is 0.307 e. The molecule has 0 bridgehead atoms. The molecule has 1 amide bonds. The Bertz CT molecular complexity index is 567. The summed E-state index contributed by atoms with van der Waals surface area (Å²) in [6.45, 7) is 0. The van der Waals surface area contributed by atoms with Crippen LogP contribution in [0.25, 0.3) is 0 Å². The zero-order valence-corrected chi connectivity index (χ0v) is 11.7. The number of aliphatic carboxylic acids is 1. The topological polar surface area (TPSA) is 66.4 Å². The highest BCUT2D eigenvalue weighted by Gasteiger charge is 2.42. The summed E-state index contributed by atoms with van der Waals surface area (Å²) in [5, 5.41) is 12.2. The average Bonchev–Trinajstić information content (AvgIpc) is 3.27. The predicted octanol–water partition coefficient (Wildman–Crippen LogP) is 2.33. The van der Waals surface area contributed by atoms with Crippen LogP contribution in [0.5, 0.6) is 0 Å². The average molecular weight is 285 g/mol. The van der Waals surface area contributed by atoms with Crippen LogP contribution in [0.2, 0.25) is 0 Å². The lowest BCUT2D eigenvalue weighted by Gasteiger charge is -2.24. The number of hydrogen-bond donors (Lipinski definition) is 2. The molecule has 0 aliphatic heterocycles. The third-order valence-corrected chi connectivity index (χ3v) is 4.43. The largest absolute Gasteiger partial charge is 0.481 e. The minimum atomic E-state index is -0.880. The molecule has 0 saturated heterocycles. The van der Waals surface area contributed by atoms with Crippen molar-refractivity contribution < 1.29 is 14.7 Å². The fourth-order valence-corrected chi connectivity index (χ4v) is 3.09. The molecule has 0 spiro atoms. The van der Waals surface area contributed by atoms with Gasteiger partial charge >= 0.3 is 5.97 Å². The number of allylic oxidation sites excluding steroid dienone is 2. The van der Waals surface area contributed by atoms with Crippen LogP contribution >= 0.6 is 0 Å². The van der Waals surface area contributed by atoms with Crippen LogP contribution in [0.4, 0.5) is 0 Å². The molecule has 2 N–H and O–H groups in total. The lowest BCUT2D eigenvalue weighted by atomic mass is 9.82. The number of carboxylic acid groups (broad SMARTS) is 1. The quantitative estimate of drug-likeness (QED) is 0.834. The van der Waals surface area contributed by atoms with Crippen molar-refractivity contribution in [2.75, 3.05) is 0 Å². The molecule has 1 aromatic rings. The molecular weight excluding hydrogens is 266 g/mol. The SMILES string of the molecule is O=C(O)C1CC=CCC1C(=O)NC1CC1c1ccccc1. The zero-order chi connectivity index (χ0) is 14.8. The second-order valence-corrected chi connectivity index (χ2v) is 5.86. The Kier molecular flexibility index (Phi) is 3.78. The molecular formula is C17H19NO3. The molecule has 4 nitrogen and oxygen atoms in total. The molecule has 2 aliphatic carbocycles. The van der Waals surface area contributed by atoms with Crippen molar-refractivity contribution >= 4 is 11.9 Å². The van der Waals surface area contributed by atoms with Gasteiger partial charge < -0.3 is 10.4 Å². The van der Waals surface area contributed by atoms with E-state index in [0.29, 0.717) is 18.8 Å². The molecule has 2 aliphatic rings. The normalized spacial score (nSPS) is 30.7. The molecule has 4 heteroatoms. The van der Waals surface area contributed by atoms with E-state index in [1.54, 1.807) is 0 Å². The summed E-state index contributed by atoms with van der Waals surface area (Å²) < 4.78 is 0. The Morgan fingerprint density at radius 1 is 1.05 bits per heavy atom. The van der Waals surface area contributed by atoms with Crippen molar-refractivity contribution in [3.05, 3.63) is 48.0 Å². The molecule has 0 radical (unpaired) electrons. The maximum atomic E-state index is 12.3. The van der Waals surface area contributed by atoms with Gasteiger partial charge in [-0.05, 0) is 24.8 Å². The van der Waals surface area contributed by atoms with Crippen molar-refractivity contribution in [3.8, 4) is 0 Å². The Labute approximate surface area is 123 Å².